The van der Waals surface area contributed by atoms with Gasteiger partial charge in [0.05, 0.1) is 0 Å². The molecular weight excluding hydrogens is 260 g/mol. The van der Waals surface area contributed by atoms with Crippen LogP contribution in [0.4, 0.5) is 0 Å². The normalized spacial score (nSPS) is 10.4. The van der Waals surface area contributed by atoms with E-state index < -0.39 is 0 Å². The number of aliphatic hydroxyl groups is 1. The minimum absolute atomic E-state index is 0.322. The van der Waals surface area contributed by atoms with Crippen LogP contribution in [0.15, 0.2) is 33.6 Å². The van der Waals surface area contributed by atoms with Crippen LogP contribution in [0.2, 0.25) is 0 Å². The van der Waals surface area contributed by atoms with Crippen LogP contribution in [0.3, 0.4) is 0 Å². The van der Waals surface area contributed by atoms with E-state index in [1.807, 2.05) is 11.8 Å². The maximum Gasteiger partial charge on any atom is 0.0431 e. The lowest BCUT2D eigenvalue weighted by atomic mass is 10.3. The Bertz CT molecular complexity index is 248. The molecule has 0 bridgehead atoms. The maximum atomic E-state index is 8.60. The Labute approximate surface area is 98.0 Å². The first kappa shape index (κ1) is 12.1. The van der Waals surface area contributed by atoms with Gasteiger partial charge in [-0.1, -0.05) is 22.4 Å². The molecule has 0 atom stereocenters. The molecule has 0 saturated heterocycles. The Morgan fingerprint density at radius 2 is 1.79 bits per heavy atom. The van der Waals surface area contributed by atoms with Gasteiger partial charge in [0.2, 0.25) is 0 Å². The average Bonchev–Trinajstić information content (AvgIpc) is 2.21. The maximum absolute atomic E-state index is 8.60. The molecule has 0 heterocycles. The molecule has 0 amide bonds. The van der Waals surface area contributed by atoms with Crippen LogP contribution in [-0.4, -0.2) is 17.5 Å². The van der Waals surface area contributed by atoms with Crippen LogP contribution in [-0.2, 0) is 0 Å². The van der Waals surface area contributed by atoms with Crippen molar-refractivity contribution >= 4 is 27.7 Å². The molecule has 3 heteroatoms. The van der Waals surface area contributed by atoms with Gasteiger partial charge < -0.3 is 5.11 Å². The van der Waals surface area contributed by atoms with Gasteiger partial charge in [-0.25, -0.2) is 0 Å². The van der Waals surface area contributed by atoms with Crippen LogP contribution < -0.4 is 0 Å². The molecule has 14 heavy (non-hydrogen) atoms. The van der Waals surface area contributed by atoms with Crippen molar-refractivity contribution in [2.75, 3.05) is 12.4 Å². The van der Waals surface area contributed by atoms with Crippen molar-refractivity contribution in [3.63, 3.8) is 0 Å². The molecule has 0 saturated carbocycles. The van der Waals surface area contributed by atoms with E-state index in [1.54, 1.807) is 0 Å². The minimum Gasteiger partial charge on any atom is -0.396 e. The standard InChI is InChI=1S/C11H15BrOS/c12-10-4-6-11(7-5-10)14-9-3-1-2-8-13/h4-7,13H,1-3,8-9H2. The van der Waals surface area contributed by atoms with Gasteiger partial charge in [0, 0.05) is 16.0 Å². The van der Waals surface area contributed by atoms with Gasteiger partial charge in [-0.05, 0) is 42.9 Å². The predicted octanol–water partition coefficient (Wildman–Crippen LogP) is 3.70. The second-order valence-corrected chi connectivity index (χ2v) is 5.17. The summed E-state index contributed by atoms with van der Waals surface area (Å²) in [5.41, 5.74) is 0. The molecule has 0 unspecified atom stereocenters. The molecule has 1 nitrogen and oxygen atoms in total. The fourth-order valence-electron chi connectivity index (χ4n) is 1.11. The molecule has 1 aromatic rings. The van der Waals surface area contributed by atoms with Crippen molar-refractivity contribution in [1.29, 1.82) is 0 Å². The van der Waals surface area contributed by atoms with Crippen LogP contribution in [0.1, 0.15) is 19.3 Å². The molecule has 1 aromatic carbocycles. The minimum atomic E-state index is 0.322. The van der Waals surface area contributed by atoms with Crippen molar-refractivity contribution in [3.8, 4) is 0 Å². The van der Waals surface area contributed by atoms with Crippen LogP contribution >= 0.6 is 27.7 Å². The summed E-state index contributed by atoms with van der Waals surface area (Å²) in [7, 11) is 0. The number of hydrogen-bond acceptors (Lipinski definition) is 2. The number of thioether (sulfide) groups is 1. The van der Waals surface area contributed by atoms with E-state index in [0.717, 1.165) is 23.1 Å². The van der Waals surface area contributed by atoms with Crippen molar-refractivity contribution < 1.29 is 5.11 Å². The van der Waals surface area contributed by atoms with E-state index in [-0.39, 0.29) is 0 Å². The largest absolute Gasteiger partial charge is 0.396 e. The number of hydrogen-bond donors (Lipinski definition) is 1. The molecule has 0 spiro atoms. The summed E-state index contributed by atoms with van der Waals surface area (Å²) in [5.74, 6) is 1.14. The van der Waals surface area contributed by atoms with Gasteiger partial charge in [0.25, 0.3) is 0 Å². The number of benzene rings is 1. The van der Waals surface area contributed by atoms with E-state index in [1.165, 1.54) is 11.3 Å². The summed E-state index contributed by atoms with van der Waals surface area (Å²) >= 11 is 5.29. The number of unbranched alkanes of at least 4 members (excludes halogenated alkanes) is 2. The fraction of sp³-hybridized carbons (Fsp3) is 0.455. The zero-order valence-corrected chi connectivity index (χ0v) is 10.5. The molecule has 0 aromatic heterocycles. The first-order valence-electron chi connectivity index (χ1n) is 4.82. The highest BCUT2D eigenvalue weighted by atomic mass is 79.9. The molecule has 0 aliphatic rings. The topological polar surface area (TPSA) is 20.2 Å². The van der Waals surface area contributed by atoms with E-state index in [4.69, 9.17) is 5.11 Å². The van der Waals surface area contributed by atoms with Crippen LogP contribution in [0, 0.1) is 0 Å². The lowest BCUT2D eigenvalue weighted by molar-refractivity contribution is 0.284. The van der Waals surface area contributed by atoms with Gasteiger partial charge in [0.1, 0.15) is 0 Å². The van der Waals surface area contributed by atoms with E-state index in [9.17, 15) is 0 Å². The van der Waals surface area contributed by atoms with Gasteiger partial charge in [-0.2, -0.15) is 0 Å². The summed E-state index contributed by atoms with van der Waals surface area (Å²) in [6.07, 6.45) is 3.24. The third-order valence-corrected chi connectivity index (χ3v) is 3.51. The van der Waals surface area contributed by atoms with E-state index in [0.29, 0.717) is 6.61 Å². The average molecular weight is 275 g/mol. The first-order chi connectivity index (χ1) is 6.83. The summed E-state index contributed by atoms with van der Waals surface area (Å²) in [6.45, 7) is 0.322. The van der Waals surface area contributed by atoms with Crippen LogP contribution in [0.5, 0.6) is 0 Å². The Kier molecular flexibility index (Phi) is 6.32. The van der Waals surface area contributed by atoms with Crippen molar-refractivity contribution in [1.82, 2.24) is 0 Å². The Hall–Kier alpha value is 0.01000. The van der Waals surface area contributed by atoms with Crippen molar-refractivity contribution in [3.05, 3.63) is 28.7 Å². The zero-order chi connectivity index (χ0) is 10.2. The Morgan fingerprint density at radius 1 is 1.07 bits per heavy atom. The van der Waals surface area contributed by atoms with Gasteiger partial charge in [-0.3, -0.25) is 0 Å². The third kappa shape index (κ3) is 5.03. The van der Waals surface area contributed by atoms with Crippen molar-refractivity contribution in [2.45, 2.75) is 24.2 Å². The van der Waals surface area contributed by atoms with Gasteiger partial charge in [0.15, 0.2) is 0 Å². The highest BCUT2D eigenvalue weighted by Crippen LogP contribution is 2.21. The quantitative estimate of drug-likeness (QED) is 0.631. The van der Waals surface area contributed by atoms with Crippen LogP contribution in [0.25, 0.3) is 0 Å². The van der Waals surface area contributed by atoms with E-state index >= 15 is 0 Å². The second kappa shape index (κ2) is 7.32. The smallest absolute Gasteiger partial charge is 0.0431 e. The number of halogens is 1. The summed E-state index contributed by atoms with van der Waals surface area (Å²) < 4.78 is 1.13. The highest BCUT2D eigenvalue weighted by molar-refractivity contribution is 9.10. The summed E-state index contributed by atoms with van der Waals surface area (Å²) in [5, 5.41) is 8.60. The fourth-order valence-corrected chi connectivity index (χ4v) is 2.29. The lowest BCUT2D eigenvalue weighted by Gasteiger charge is -2.01. The molecular formula is C11H15BrOS. The third-order valence-electron chi connectivity index (χ3n) is 1.88. The van der Waals surface area contributed by atoms with Crippen molar-refractivity contribution in [2.24, 2.45) is 0 Å². The molecule has 78 valence electrons. The number of rotatable bonds is 6. The second-order valence-electron chi connectivity index (χ2n) is 3.09. The van der Waals surface area contributed by atoms with E-state index in [2.05, 4.69) is 40.2 Å². The molecule has 1 N–H and O–H groups in total. The Morgan fingerprint density at radius 3 is 2.43 bits per heavy atom. The molecule has 1 rings (SSSR count). The Balaban J connectivity index is 2.15. The molecule has 0 fully saturated rings. The molecule has 0 aliphatic heterocycles. The highest BCUT2D eigenvalue weighted by Gasteiger charge is 1.94. The molecule has 0 aliphatic carbocycles. The summed E-state index contributed by atoms with van der Waals surface area (Å²) in [6, 6.07) is 8.38. The zero-order valence-electron chi connectivity index (χ0n) is 8.08. The monoisotopic (exact) mass is 274 g/mol. The first-order valence-corrected chi connectivity index (χ1v) is 6.60. The number of aliphatic hydroxyl groups excluding tert-OH is 1. The lowest BCUT2D eigenvalue weighted by Crippen LogP contribution is -1.85. The van der Waals surface area contributed by atoms with Gasteiger partial charge >= 0.3 is 0 Å². The van der Waals surface area contributed by atoms with Gasteiger partial charge in [-0.15, -0.1) is 11.8 Å². The predicted molar refractivity (Wildman–Crippen MR) is 65.8 cm³/mol. The SMILES string of the molecule is OCCCCCSc1ccc(Br)cc1. The summed E-state index contributed by atoms with van der Waals surface area (Å²) in [4.78, 5) is 1.32. The molecule has 0 radical (unpaired) electrons.